The molecule has 6 heteroatoms. The minimum absolute atomic E-state index is 0.000389. The smallest absolute Gasteiger partial charge is 0.339 e. The minimum atomic E-state index is -4.14. The summed E-state index contributed by atoms with van der Waals surface area (Å²) in [6.45, 7) is 0.351. The number of benzene rings is 1. The van der Waals surface area contributed by atoms with Crippen molar-refractivity contribution < 1.29 is 18.0 Å². The zero-order valence-electron chi connectivity index (χ0n) is 10.1. The lowest BCUT2D eigenvalue weighted by Gasteiger charge is -2.33. The van der Waals surface area contributed by atoms with Crippen LogP contribution in [0.2, 0.25) is 0 Å². The second kappa shape index (κ2) is 5.68. The first-order chi connectivity index (χ1) is 8.88. The molecule has 1 saturated heterocycles. The third-order valence-corrected chi connectivity index (χ3v) is 4.06. The monoisotopic (exact) mass is 383 g/mol. The van der Waals surface area contributed by atoms with Gasteiger partial charge in [-0.3, -0.25) is 4.79 Å². The number of hydrogen-bond donors (Lipinski definition) is 0. The molecule has 0 saturated carbocycles. The van der Waals surface area contributed by atoms with Crippen LogP contribution in [0.25, 0.3) is 0 Å². The van der Waals surface area contributed by atoms with E-state index >= 15 is 0 Å². The number of carbonyl (C=O) groups is 1. The van der Waals surface area contributed by atoms with E-state index in [1.807, 2.05) is 12.1 Å². The first kappa shape index (κ1) is 14.6. The predicted molar refractivity (Wildman–Crippen MR) is 73.8 cm³/mol. The minimum Gasteiger partial charge on any atom is -0.339 e. The third kappa shape index (κ3) is 3.61. The van der Waals surface area contributed by atoms with Crippen molar-refractivity contribution in [3.05, 3.63) is 33.4 Å². The van der Waals surface area contributed by atoms with E-state index in [1.165, 1.54) is 4.90 Å². The molecule has 2 nitrogen and oxygen atoms in total. The second-order valence-electron chi connectivity index (χ2n) is 4.61. The average Bonchev–Trinajstić information content (AvgIpc) is 2.38. The SMILES string of the molecule is O=C(c1ccc(I)cc1)N1CCC(C(F)(F)F)CC1. The normalized spacial score (nSPS) is 17.6. The molecular weight excluding hydrogens is 370 g/mol. The van der Waals surface area contributed by atoms with Gasteiger partial charge in [-0.1, -0.05) is 0 Å². The lowest BCUT2D eigenvalue weighted by molar-refractivity contribution is -0.183. The molecular formula is C13H13F3INO. The molecule has 0 bridgehead atoms. The van der Waals surface area contributed by atoms with Gasteiger partial charge in [0, 0.05) is 22.2 Å². The molecule has 1 aliphatic heterocycles. The largest absolute Gasteiger partial charge is 0.391 e. The maximum atomic E-state index is 12.5. The average molecular weight is 383 g/mol. The summed E-state index contributed by atoms with van der Waals surface area (Å²) in [6, 6.07) is 7.05. The summed E-state index contributed by atoms with van der Waals surface area (Å²) in [4.78, 5) is 13.6. The van der Waals surface area contributed by atoms with Crippen molar-refractivity contribution in [2.45, 2.75) is 19.0 Å². The lowest BCUT2D eigenvalue weighted by Crippen LogP contribution is -2.42. The number of alkyl halides is 3. The highest BCUT2D eigenvalue weighted by atomic mass is 127. The fraction of sp³-hybridized carbons (Fsp3) is 0.462. The Morgan fingerprint density at radius 3 is 2.16 bits per heavy atom. The second-order valence-corrected chi connectivity index (χ2v) is 5.86. The van der Waals surface area contributed by atoms with E-state index in [1.54, 1.807) is 12.1 Å². The van der Waals surface area contributed by atoms with Crippen LogP contribution in [0.15, 0.2) is 24.3 Å². The van der Waals surface area contributed by atoms with E-state index in [0.29, 0.717) is 5.56 Å². The van der Waals surface area contributed by atoms with Crippen molar-refractivity contribution >= 4 is 28.5 Å². The standard InChI is InChI=1S/C13H13F3INO/c14-13(15,16)10-5-7-18(8-6-10)12(19)9-1-3-11(17)4-2-9/h1-4,10H,5-8H2. The van der Waals surface area contributed by atoms with Gasteiger partial charge >= 0.3 is 6.18 Å². The molecule has 0 radical (unpaired) electrons. The predicted octanol–water partition coefficient (Wildman–Crippen LogP) is 3.71. The highest BCUT2D eigenvalue weighted by Gasteiger charge is 2.41. The fourth-order valence-electron chi connectivity index (χ4n) is 2.18. The van der Waals surface area contributed by atoms with Crippen molar-refractivity contribution in [3.8, 4) is 0 Å². The first-order valence-electron chi connectivity index (χ1n) is 5.99. The van der Waals surface area contributed by atoms with Gasteiger partial charge in [0.25, 0.3) is 5.91 Å². The van der Waals surface area contributed by atoms with Crippen molar-refractivity contribution in [2.75, 3.05) is 13.1 Å². The Labute approximate surface area is 123 Å². The quantitative estimate of drug-likeness (QED) is 0.678. The Hall–Kier alpha value is -0.790. The topological polar surface area (TPSA) is 20.3 Å². The van der Waals surface area contributed by atoms with Gasteiger partial charge in [-0.2, -0.15) is 13.2 Å². The highest BCUT2D eigenvalue weighted by Crippen LogP contribution is 2.34. The molecule has 0 N–H and O–H groups in total. The van der Waals surface area contributed by atoms with Crippen LogP contribution in [-0.2, 0) is 0 Å². The molecule has 0 aliphatic carbocycles. The summed E-state index contributed by atoms with van der Waals surface area (Å²) in [5.41, 5.74) is 0.533. The molecule has 0 unspecified atom stereocenters. The van der Waals surface area contributed by atoms with Crippen LogP contribution in [0.5, 0.6) is 0 Å². The molecule has 1 fully saturated rings. The maximum Gasteiger partial charge on any atom is 0.391 e. The lowest BCUT2D eigenvalue weighted by atomic mass is 9.96. The summed E-state index contributed by atoms with van der Waals surface area (Å²) >= 11 is 2.14. The van der Waals surface area contributed by atoms with Gasteiger partial charge < -0.3 is 4.90 Å². The van der Waals surface area contributed by atoms with Gasteiger partial charge in [-0.05, 0) is 59.7 Å². The number of rotatable bonds is 1. The number of hydrogen-bond acceptors (Lipinski definition) is 1. The van der Waals surface area contributed by atoms with Gasteiger partial charge in [-0.15, -0.1) is 0 Å². The molecule has 0 spiro atoms. The molecule has 1 aromatic rings. The van der Waals surface area contributed by atoms with E-state index in [9.17, 15) is 18.0 Å². The summed E-state index contributed by atoms with van der Waals surface area (Å²) in [5.74, 6) is -1.45. The maximum absolute atomic E-state index is 12.5. The van der Waals surface area contributed by atoms with Gasteiger partial charge in [0.2, 0.25) is 0 Å². The molecule has 1 amide bonds. The van der Waals surface area contributed by atoms with E-state index in [4.69, 9.17) is 0 Å². The number of amides is 1. The van der Waals surface area contributed by atoms with E-state index in [-0.39, 0.29) is 31.8 Å². The molecule has 1 aromatic carbocycles. The van der Waals surface area contributed by atoms with Crippen LogP contribution in [0.4, 0.5) is 13.2 Å². The molecule has 1 heterocycles. The number of halogens is 4. The Morgan fingerprint density at radius 2 is 1.68 bits per heavy atom. The van der Waals surface area contributed by atoms with Crippen LogP contribution in [0.1, 0.15) is 23.2 Å². The van der Waals surface area contributed by atoms with E-state index in [0.717, 1.165) is 3.57 Å². The third-order valence-electron chi connectivity index (χ3n) is 3.34. The summed E-state index contributed by atoms with van der Waals surface area (Å²) in [6.07, 6.45) is -4.14. The zero-order valence-corrected chi connectivity index (χ0v) is 12.2. The number of likely N-dealkylation sites (tertiary alicyclic amines) is 1. The van der Waals surface area contributed by atoms with Gasteiger partial charge in [0.15, 0.2) is 0 Å². The van der Waals surface area contributed by atoms with Crippen molar-refractivity contribution in [1.82, 2.24) is 4.90 Å². The summed E-state index contributed by atoms with van der Waals surface area (Å²) in [7, 11) is 0. The Bertz CT molecular complexity index is 450. The Balaban J connectivity index is 1.98. The highest BCUT2D eigenvalue weighted by molar-refractivity contribution is 14.1. The van der Waals surface area contributed by atoms with Crippen molar-refractivity contribution in [1.29, 1.82) is 0 Å². The van der Waals surface area contributed by atoms with Gasteiger partial charge in [-0.25, -0.2) is 0 Å². The molecule has 0 aromatic heterocycles. The van der Waals surface area contributed by atoms with Gasteiger partial charge in [0.05, 0.1) is 5.92 Å². The van der Waals surface area contributed by atoms with E-state index in [2.05, 4.69) is 22.6 Å². The van der Waals surface area contributed by atoms with Gasteiger partial charge in [0.1, 0.15) is 0 Å². The molecule has 0 atom stereocenters. The van der Waals surface area contributed by atoms with E-state index < -0.39 is 12.1 Å². The Morgan fingerprint density at radius 1 is 1.16 bits per heavy atom. The molecule has 104 valence electrons. The summed E-state index contributed by atoms with van der Waals surface area (Å²) in [5, 5.41) is 0. The summed E-state index contributed by atoms with van der Waals surface area (Å²) < 4.78 is 38.6. The van der Waals surface area contributed by atoms with Crippen LogP contribution in [0.3, 0.4) is 0 Å². The molecule has 1 aliphatic rings. The number of nitrogens with zero attached hydrogens (tertiary/aromatic N) is 1. The Kier molecular flexibility index (Phi) is 4.37. The molecule has 19 heavy (non-hydrogen) atoms. The zero-order chi connectivity index (χ0) is 14.0. The van der Waals surface area contributed by atoms with Crippen LogP contribution in [0, 0.1) is 9.49 Å². The van der Waals surface area contributed by atoms with Crippen molar-refractivity contribution in [2.24, 2.45) is 5.92 Å². The van der Waals surface area contributed by atoms with Crippen LogP contribution < -0.4 is 0 Å². The fourth-order valence-corrected chi connectivity index (χ4v) is 2.54. The first-order valence-corrected chi connectivity index (χ1v) is 7.07. The number of piperidine rings is 1. The number of carbonyl (C=O) groups excluding carboxylic acids is 1. The van der Waals surface area contributed by atoms with Crippen LogP contribution >= 0.6 is 22.6 Å². The van der Waals surface area contributed by atoms with Crippen molar-refractivity contribution in [3.63, 3.8) is 0 Å². The molecule has 2 rings (SSSR count). The van der Waals surface area contributed by atoms with Crippen LogP contribution in [-0.4, -0.2) is 30.1 Å².